The highest BCUT2D eigenvalue weighted by Gasteiger charge is 2.39. The second kappa shape index (κ2) is 9.37. The number of hydrogen-bond donors (Lipinski definition) is 0. The van der Waals surface area contributed by atoms with Crippen LogP contribution in [0.25, 0.3) is 0 Å². The number of anilines is 1. The molecule has 4 rings (SSSR count). The van der Waals surface area contributed by atoms with Crippen LogP contribution in [0.4, 0.5) is 5.69 Å². The fourth-order valence-corrected chi connectivity index (χ4v) is 4.65. The van der Waals surface area contributed by atoms with Crippen LogP contribution in [0.15, 0.2) is 42.7 Å². The molecular weight excluding hydrogens is 394 g/mol. The SMILES string of the molecule is COc1ccc(N2CC(C(=O)N3CCCCCC3c3ccncc3)CC2=O)cc1OC. The lowest BCUT2D eigenvalue weighted by molar-refractivity contribution is -0.138. The van der Waals surface area contributed by atoms with Crippen molar-refractivity contribution in [2.45, 2.75) is 38.1 Å². The lowest BCUT2D eigenvalue weighted by Crippen LogP contribution is -2.40. The van der Waals surface area contributed by atoms with Crippen molar-refractivity contribution in [3.05, 3.63) is 48.3 Å². The van der Waals surface area contributed by atoms with Crippen LogP contribution in [0.3, 0.4) is 0 Å². The van der Waals surface area contributed by atoms with Gasteiger partial charge in [-0.2, -0.15) is 0 Å². The zero-order valence-electron chi connectivity index (χ0n) is 18.1. The molecule has 1 aromatic heterocycles. The van der Waals surface area contributed by atoms with Gasteiger partial charge in [-0.05, 0) is 42.7 Å². The minimum absolute atomic E-state index is 0.0409. The van der Waals surface area contributed by atoms with Crippen LogP contribution < -0.4 is 14.4 Å². The van der Waals surface area contributed by atoms with Crippen LogP contribution in [-0.2, 0) is 9.59 Å². The van der Waals surface area contributed by atoms with Gasteiger partial charge in [0.25, 0.3) is 0 Å². The molecule has 0 N–H and O–H groups in total. The first kappa shape index (κ1) is 21.2. The predicted molar refractivity (Wildman–Crippen MR) is 117 cm³/mol. The Kier molecular flexibility index (Phi) is 6.39. The normalized spacial score (nSPS) is 21.7. The molecule has 7 nitrogen and oxygen atoms in total. The molecule has 2 amide bonds. The Morgan fingerprint density at radius 3 is 2.55 bits per heavy atom. The van der Waals surface area contributed by atoms with Crippen molar-refractivity contribution < 1.29 is 19.1 Å². The molecule has 3 heterocycles. The van der Waals surface area contributed by atoms with Gasteiger partial charge in [0, 0.05) is 43.7 Å². The monoisotopic (exact) mass is 423 g/mol. The summed E-state index contributed by atoms with van der Waals surface area (Å²) >= 11 is 0. The average molecular weight is 424 g/mol. The molecule has 2 aliphatic rings. The van der Waals surface area contributed by atoms with Gasteiger partial charge in [0.2, 0.25) is 11.8 Å². The Morgan fingerprint density at radius 2 is 1.81 bits per heavy atom. The summed E-state index contributed by atoms with van der Waals surface area (Å²) in [5.41, 5.74) is 1.84. The van der Waals surface area contributed by atoms with E-state index in [9.17, 15) is 9.59 Å². The van der Waals surface area contributed by atoms with E-state index in [4.69, 9.17) is 9.47 Å². The largest absolute Gasteiger partial charge is 0.493 e. The average Bonchev–Trinajstić information content (AvgIpc) is 3.04. The maximum Gasteiger partial charge on any atom is 0.228 e. The number of aromatic nitrogens is 1. The van der Waals surface area contributed by atoms with Gasteiger partial charge in [-0.25, -0.2) is 0 Å². The maximum absolute atomic E-state index is 13.6. The summed E-state index contributed by atoms with van der Waals surface area (Å²) in [5.74, 6) is 0.854. The molecule has 0 radical (unpaired) electrons. The summed E-state index contributed by atoms with van der Waals surface area (Å²) in [6.45, 7) is 1.11. The summed E-state index contributed by atoms with van der Waals surface area (Å²) in [6.07, 6.45) is 7.93. The van der Waals surface area contributed by atoms with Gasteiger partial charge >= 0.3 is 0 Å². The number of likely N-dealkylation sites (tertiary alicyclic amines) is 1. The van der Waals surface area contributed by atoms with Crippen molar-refractivity contribution in [1.29, 1.82) is 0 Å². The lowest BCUT2D eigenvalue weighted by Gasteiger charge is -2.32. The molecule has 164 valence electrons. The third kappa shape index (κ3) is 4.36. The molecule has 2 atom stereocenters. The zero-order valence-corrected chi connectivity index (χ0v) is 18.1. The Morgan fingerprint density at radius 1 is 1.03 bits per heavy atom. The second-order valence-corrected chi connectivity index (χ2v) is 8.12. The second-order valence-electron chi connectivity index (χ2n) is 8.12. The highest BCUT2D eigenvalue weighted by atomic mass is 16.5. The van der Waals surface area contributed by atoms with Crippen LogP contribution in [-0.4, -0.2) is 49.0 Å². The highest BCUT2D eigenvalue weighted by Crippen LogP contribution is 2.36. The Labute approximate surface area is 183 Å². The first-order valence-electron chi connectivity index (χ1n) is 10.8. The summed E-state index contributed by atoms with van der Waals surface area (Å²) < 4.78 is 10.7. The van der Waals surface area contributed by atoms with Gasteiger partial charge in [0.1, 0.15) is 0 Å². The smallest absolute Gasteiger partial charge is 0.228 e. The van der Waals surface area contributed by atoms with E-state index in [2.05, 4.69) is 4.98 Å². The summed E-state index contributed by atoms with van der Waals surface area (Å²) in [5, 5.41) is 0. The molecule has 0 saturated carbocycles. The minimum Gasteiger partial charge on any atom is -0.493 e. The standard InChI is InChI=1S/C24H29N3O4/c1-30-21-8-7-19(15-22(21)31-2)27-16-18(14-23(27)28)24(29)26-13-5-3-4-6-20(26)17-9-11-25-12-10-17/h7-12,15,18,20H,3-6,13-14,16H2,1-2H3. The molecule has 7 heteroatoms. The number of carbonyl (C=O) groups excluding carboxylic acids is 2. The number of nitrogens with zero attached hydrogens (tertiary/aromatic N) is 3. The molecule has 31 heavy (non-hydrogen) atoms. The molecular formula is C24H29N3O4. The summed E-state index contributed by atoms with van der Waals surface area (Å²) in [4.78, 5) is 34.2. The number of ether oxygens (including phenoxy) is 2. The van der Waals surface area contributed by atoms with Crippen LogP contribution in [0.1, 0.15) is 43.7 Å². The van der Waals surface area contributed by atoms with Gasteiger partial charge in [0.05, 0.1) is 26.2 Å². The number of amides is 2. The minimum atomic E-state index is -0.344. The van der Waals surface area contributed by atoms with Crippen LogP contribution in [0.2, 0.25) is 0 Å². The lowest BCUT2D eigenvalue weighted by atomic mass is 9.99. The number of carbonyl (C=O) groups is 2. The van der Waals surface area contributed by atoms with E-state index in [0.29, 0.717) is 18.0 Å². The fourth-order valence-electron chi connectivity index (χ4n) is 4.65. The predicted octanol–water partition coefficient (Wildman–Crippen LogP) is 3.60. The van der Waals surface area contributed by atoms with E-state index >= 15 is 0 Å². The molecule has 0 spiro atoms. The van der Waals surface area contributed by atoms with Crippen LogP contribution in [0.5, 0.6) is 11.5 Å². The first-order chi connectivity index (χ1) is 15.1. The van der Waals surface area contributed by atoms with Gasteiger partial charge in [-0.1, -0.05) is 12.8 Å². The molecule has 2 aliphatic heterocycles. The van der Waals surface area contributed by atoms with Crippen molar-refractivity contribution in [3.8, 4) is 11.5 Å². The maximum atomic E-state index is 13.6. The molecule has 2 unspecified atom stereocenters. The molecule has 2 saturated heterocycles. The molecule has 0 bridgehead atoms. The van der Waals surface area contributed by atoms with Crippen molar-refractivity contribution in [2.75, 3.05) is 32.2 Å². The van der Waals surface area contributed by atoms with Crippen LogP contribution in [0, 0.1) is 5.92 Å². The van der Waals surface area contributed by atoms with Gasteiger partial charge in [-0.15, -0.1) is 0 Å². The Hall–Kier alpha value is -3.09. The van der Waals surface area contributed by atoms with E-state index in [1.807, 2.05) is 23.1 Å². The number of rotatable bonds is 5. The van der Waals surface area contributed by atoms with Gasteiger partial charge in [-0.3, -0.25) is 14.6 Å². The van der Waals surface area contributed by atoms with Crippen molar-refractivity contribution >= 4 is 17.5 Å². The third-order valence-corrected chi connectivity index (χ3v) is 6.28. The Balaban J connectivity index is 1.54. The quantitative estimate of drug-likeness (QED) is 0.735. The number of methoxy groups -OCH3 is 2. The van der Waals surface area contributed by atoms with E-state index < -0.39 is 0 Å². The molecule has 2 fully saturated rings. The van der Waals surface area contributed by atoms with E-state index in [0.717, 1.165) is 43.5 Å². The van der Waals surface area contributed by atoms with E-state index in [1.165, 1.54) is 0 Å². The van der Waals surface area contributed by atoms with Crippen molar-refractivity contribution in [1.82, 2.24) is 9.88 Å². The number of hydrogen-bond acceptors (Lipinski definition) is 5. The van der Waals surface area contributed by atoms with Crippen LogP contribution >= 0.6 is 0 Å². The first-order valence-corrected chi connectivity index (χ1v) is 10.8. The fraction of sp³-hybridized carbons (Fsp3) is 0.458. The van der Waals surface area contributed by atoms with E-state index in [1.54, 1.807) is 43.6 Å². The molecule has 2 aromatic rings. The summed E-state index contributed by atoms with van der Waals surface area (Å²) in [7, 11) is 3.14. The zero-order chi connectivity index (χ0) is 21.8. The number of benzene rings is 1. The van der Waals surface area contributed by atoms with Gasteiger partial charge in [0.15, 0.2) is 11.5 Å². The van der Waals surface area contributed by atoms with E-state index in [-0.39, 0.29) is 30.2 Å². The topological polar surface area (TPSA) is 72.0 Å². The third-order valence-electron chi connectivity index (χ3n) is 6.28. The van der Waals surface area contributed by atoms with Gasteiger partial charge < -0.3 is 19.3 Å². The molecule has 0 aliphatic carbocycles. The Bertz CT molecular complexity index is 934. The number of pyridine rings is 1. The molecule has 1 aromatic carbocycles. The van der Waals surface area contributed by atoms with Crippen molar-refractivity contribution in [2.24, 2.45) is 5.92 Å². The summed E-state index contributed by atoms with van der Waals surface area (Å²) in [6, 6.07) is 9.43. The highest BCUT2D eigenvalue weighted by molar-refractivity contribution is 6.00. The van der Waals surface area contributed by atoms with Crippen molar-refractivity contribution in [3.63, 3.8) is 0 Å².